The van der Waals surface area contributed by atoms with Gasteiger partial charge in [0.2, 0.25) is 0 Å². The van der Waals surface area contributed by atoms with Crippen LogP contribution < -0.4 is 0 Å². The number of rotatable bonds is 4. The zero-order valence-corrected chi connectivity index (χ0v) is 13.9. The first-order chi connectivity index (χ1) is 10.2. The van der Waals surface area contributed by atoms with Gasteiger partial charge in [-0.25, -0.2) is 0 Å². The van der Waals surface area contributed by atoms with Crippen LogP contribution in [-0.2, 0) is 9.53 Å². The van der Waals surface area contributed by atoms with E-state index in [2.05, 4.69) is 4.90 Å². The summed E-state index contributed by atoms with van der Waals surface area (Å²) >= 11 is 8.37. The SMILES string of the molecule is O=C1/C(=C\c2cccs2)SC(=S)N1CCN1CCOCC1. The number of carbonyl (C=O) groups excluding carboxylic acids is 1. The Bertz CT molecular complexity index is 551. The number of thioether (sulfide) groups is 1. The molecule has 2 saturated heterocycles. The summed E-state index contributed by atoms with van der Waals surface area (Å²) < 4.78 is 5.99. The van der Waals surface area contributed by atoms with E-state index in [0.29, 0.717) is 10.9 Å². The number of amides is 1. The minimum Gasteiger partial charge on any atom is -0.379 e. The van der Waals surface area contributed by atoms with Crippen molar-refractivity contribution in [3.05, 3.63) is 27.3 Å². The average molecular weight is 340 g/mol. The Labute approximate surface area is 137 Å². The van der Waals surface area contributed by atoms with Gasteiger partial charge in [0.1, 0.15) is 4.32 Å². The third-order valence-corrected chi connectivity index (χ3v) is 5.63. The molecule has 0 aromatic carbocycles. The van der Waals surface area contributed by atoms with E-state index in [1.54, 1.807) is 16.2 Å². The highest BCUT2D eigenvalue weighted by Crippen LogP contribution is 2.33. The van der Waals surface area contributed by atoms with Gasteiger partial charge in [-0.05, 0) is 17.5 Å². The second-order valence-electron chi connectivity index (χ2n) is 4.80. The van der Waals surface area contributed by atoms with E-state index in [-0.39, 0.29) is 5.91 Å². The number of hydrogen-bond donors (Lipinski definition) is 0. The minimum atomic E-state index is 0.0339. The lowest BCUT2D eigenvalue weighted by Gasteiger charge is -2.28. The largest absolute Gasteiger partial charge is 0.379 e. The van der Waals surface area contributed by atoms with Crippen LogP contribution in [0.1, 0.15) is 4.88 Å². The quantitative estimate of drug-likeness (QED) is 0.620. The van der Waals surface area contributed by atoms with Crippen LogP contribution in [0.25, 0.3) is 6.08 Å². The van der Waals surface area contributed by atoms with Gasteiger partial charge in [0.15, 0.2) is 0 Å². The van der Waals surface area contributed by atoms with Crippen LogP contribution in [0.5, 0.6) is 0 Å². The van der Waals surface area contributed by atoms with Crippen molar-refractivity contribution in [2.75, 3.05) is 39.4 Å². The van der Waals surface area contributed by atoms with Gasteiger partial charge in [0.25, 0.3) is 5.91 Å². The van der Waals surface area contributed by atoms with Crippen molar-refractivity contribution in [3.8, 4) is 0 Å². The molecule has 112 valence electrons. The van der Waals surface area contributed by atoms with E-state index in [9.17, 15) is 4.79 Å². The van der Waals surface area contributed by atoms with Gasteiger partial charge >= 0.3 is 0 Å². The molecule has 3 heterocycles. The van der Waals surface area contributed by atoms with Crippen molar-refractivity contribution >= 4 is 51.6 Å². The van der Waals surface area contributed by atoms with Gasteiger partial charge in [0.05, 0.1) is 18.1 Å². The average Bonchev–Trinajstić information content (AvgIpc) is 3.09. The Kier molecular flexibility index (Phi) is 5.07. The van der Waals surface area contributed by atoms with E-state index in [0.717, 1.165) is 42.6 Å². The van der Waals surface area contributed by atoms with Gasteiger partial charge in [-0.2, -0.15) is 0 Å². The first-order valence-electron chi connectivity index (χ1n) is 6.83. The second-order valence-corrected chi connectivity index (χ2v) is 7.46. The number of hydrogen-bond acceptors (Lipinski definition) is 6. The molecule has 0 unspecified atom stereocenters. The van der Waals surface area contributed by atoms with Crippen LogP contribution >= 0.6 is 35.3 Å². The van der Waals surface area contributed by atoms with Crippen LogP contribution in [0, 0.1) is 0 Å². The first kappa shape index (κ1) is 15.2. The summed E-state index contributed by atoms with van der Waals surface area (Å²) in [5.74, 6) is 0.0339. The zero-order valence-electron chi connectivity index (χ0n) is 11.5. The molecule has 0 saturated carbocycles. The summed E-state index contributed by atoms with van der Waals surface area (Å²) in [4.78, 5) is 18.3. The van der Waals surface area contributed by atoms with Crippen molar-refractivity contribution in [2.24, 2.45) is 0 Å². The number of thiocarbonyl (C=S) groups is 1. The Morgan fingerprint density at radius 2 is 2.14 bits per heavy atom. The Balaban J connectivity index is 1.61. The maximum atomic E-state index is 12.4. The van der Waals surface area contributed by atoms with Gasteiger partial charge in [-0.15, -0.1) is 11.3 Å². The molecular weight excluding hydrogens is 324 g/mol. The molecule has 21 heavy (non-hydrogen) atoms. The molecule has 3 rings (SSSR count). The molecule has 0 bridgehead atoms. The lowest BCUT2D eigenvalue weighted by molar-refractivity contribution is -0.122. The monoisotopic (exact) mass is 340 g/mol. The summed E-state index contributed by atoms with van der Waals surface area (Å²) in [6, 6.07) is 3.99. The molecule has 2 aliphatic rings. The van der Waals surface area contributed by atoms with Crippen LogP contribution in [-0.4, -0.2) is 59.4 Å². The third-order valence-electron chi connectivity index (χ3n) is 3.43. The van der Waals surface area contributed by atoms with E-state index in [1.807, 2.05) is 23.6 Å². The highest BCUT2D eigenvalue weighted by molar-refractivity contribution is 8.26. The Morgan fingerprint density at radius 3 is 2.86 bits per heavy atom. The molecule has 7 heteroatoms. The van der Waals surface area contributed by atoms with Crippen LogP contribution in [0.2, 0.25) is 0 Å². The second kappa shape index (κ2) is 7.02. The lowest BCUT2D eigenvalue weighted by Crippen LogP contribution is -2.42. The predicted octanol–water partition coefficient (Wildman–Crippen LogP) is 2.28. The van der Waals surface area contributed by atoms with Gasteiger partial charge in [0, 0.05) is 31.1 Å². The molecule has 0 aliphatic carbocycles. The van der Waals surface area contributed by atoms with Crippen LogP contribution in [0.4, 0.5) is 0 Å². The maximum absolute atomic E-state index is 12.4. The summed E-state index contributed by atoms with van der Waals surface area (Å²) in [6.07, 6.45) is 1.93. The fourth-order valence-electron chi connectivity index (χ4n) is 2.26. The van der Waals surface area contributed by atoms with Crippen molar-refractivity contribution in [1.82, 2.24) is 9.80 Å². The van der Waals surface area contributed by atoms with Crippen molar-refractivity contribution in [3.63, 3.8) is 0 Å². The molecule has 1 aromatic rings. The number of thiophene rings is 1. The molecule has 2 fully saturated rings. The summed E-state index contributed by atoms with van der Waals surface area (Å²) in [5, 5.41) is 2.00. The molecule has 2 aliphatic heterocycles. The van der Waals surface area contributed by atoms with E-state index in [4.69, 9.17) is 17.0 Å². The highest BCUT2D eigenvalue weighted by Gasteiger charge is 2.32. The first-order valence-corrected chi connectivity index (χ1v) is 8.93. The molecule has 0 N–H and O–H groups in total. The smallest absolute Gasteiger partial charge is 0.266 e. The molecule has 1 amide bonds. The zero-order chi connectivity index (χ0) is 14.7. The van der Waals surface area contributed by atoms with Crippen molar-refractivity contribution in [1.29, 1.82) is 0 Å². The van der Waals surface area contributed by atoms with Gasteiger partial charge in [-0.1, -0.05) is 30.0 Å². The highest BCUT2D eigenvalue weighted by atomic mass is 32.2. The number of nitrogens with zero attached hydrogens (tertiary/aromatic N) is 2. The lowest BCUT2D eigenvalue weighted by atomic mass is 10.3. The molecule has 0 atom stereocenters. The molecule has 0 radical (unpaired) electrons. The van der Waals surface area contributed by atoms with E-state index >= 15 is 0 Å². The third kappa shape index (κ3) is 3.73. The maximum Gasteiger partial charge on any atom is 0.266 e. The number of ether oxygens (including phenoxy) is 1. The molecule has 0 spiro atoms. The minimum absolute atomic E-state index is 0.0339. The van der Waals surface area contributed by atoms with Gasteiger partial charge in [-0.3, -0.25) is 14.6 Å². The summed E-state index contributed by atoms with van der Waals surface area (Å²) in [6.45, 7) is 4.92. The topological polar surface area (TPSA) is 32.8 Å². The predicted molar refractivity (Wildman–Crippen MR) is 91.5 cm³/mol. The van der Waals surface area contributed by atoms with Gasteiger partial charge < -0.3 is 4.74 Å². The van der Waals surface area contributed by atoms with Crippen LogP contribution in [0.3, 0.4) is 0 Å². The normalized spacial score (nSPS) is 22.5. The molecule has 1 aromatic heterocycles. The van der Waals surface area contributed by atoms with E-state index in [1.165, 1.54) is 11.8 Å². The molecule has 4 nitrogen and oxygen atoms in total. The number of morpholine rings is 1. The number of carbonyl (C=O) groups is 1. The Morgan fingerprint density at radius 1 is 1.33 bits per heavy atom. The standard InChI is InChI=1S/C14H16N2O2S3/c17-13-12(10-11-2-1-9-20-11)21-14(19)16(13)4-3-15-5-7-18-8-6-15/h1-2,9-10H,3-8H2/b12-10+. The van der Waals surface area contributed by atoms with E-state index < -0.39 is 0 Å². The van der Waals surface area contributed by atoms with Crippen molar-refractivity contribution in [2.45, 2.75) is 0 Å². The summed E-state index contributed by atoms with van der Waals surface area (Å²) in [5.41, 5.74) is 0. The fraction of sp³-hybridized carbons (Fsp3) is 0.429. The van der Waals surface area contributed by atoms with Crippen LogP contribution in [0.15, 0.2) is 22.4 Å². The summed E-state index contributed by atoms with van der Waals surface area (Å²) in [7, 11) is 0. The van der Waals surface area contributed by atoms with Crippen molar-refractivity contribution < 1.29 is 9.53 Å². The molecular formula is C14H16N2O2S3. The fourth-order valence-corrected chi connectivity index (χ4v) is 4.29. The Hall–Kier alpha value is -0.730.